The van der Waals surface area contributed by atoms with Crippen molar-refractivity contribution in [3.8, 4) is 0 Å². The maximum atomic E-state index is 13.0. The van der Waals surface area contributed by atoms with Crippen molar-refractivity contribution in [1.29, 1.82) is 0 Å². The van der Waals surface area contributed by atoms with Gasteiger partial charge in [-0.05, 0) is 29.1 Å². The van der Waals surface area contributed by atoms with Gasteiger partial charge in [0.25, 0.3) is 5.91 Å². The summed E-state index contributed by atoms with van der Waals surface area (Å²) in [5.74, 6) is -0.129. The van der Waals surface area contributed by atoms with Gasteiger partial charge >= 0.3 is 0 Å². The van der Waals surface area contributed by atoms with E-state index in [-0.39, 0.29) is 11.7 Å². The number of benzene rings is 1. The average molecular weight is 388 g/mol. The van der Waals surface area contributed by atoms with Gasteiger partial charge in [0.1, 0.15) is 10.8 Å². The predicted octanol–water partition coefficient (Wildman–Crippen LogP) is 3.29. The molecule has 0 spiro atoms. The molecule has 4 rings (SSSR count). The summed E-state index contributed by atoms with van der Waals surface area (Å²) in [4.78, 5) is 17.3. The van der Waals surface area contributed by atoms with Crippen molar-refractivity contribution in [3.05, 3.63) is 63.0 Å². The van der Waals surface area contributed by atoms with Crippen molar-refractivity contribution in [2.75, 3.05) is 31.1 Å². The monoisotopic (exact) mass is 388 g/mol. The number of anilines is 1. The molecule has 1 aliphatic rings. The predicted molar refractivity (Wildman–Crippen MR) is 102 cm³/mol. The van der Waals surface area contributed by atoms with Crippen LogP contribution in [0.2, 0.25) is 0 Å². The molecular weight excluding hydrogens is 371 g/mol. The van der Waals surface area contributed by atoms with Crippen molar-refractivity contribution >= 4 is 33.7 Å². The summed E-state index contributed by atoms with van der Waals surface area (Å²) in [6.45, 7) is 2.87. The Morgan fingerprint density at radius 2 is 1.85 bits per heavy atom. The minimum atomic E-state index is -0.235. The number of piperazine rings is 1. The third-order valence-electron chi connectivity index (χ3n) is 4.29. The first kappa shape index (κ1) is 17.1. The second kappa shape index (κ2) is 7.51. The van der Waals surface area contributed by atoms with Crippen LogP contribution in [0.3, 0.4) is 0 Å². The highest BCUT2D eigenvalue weighted by Crippen LogP contribution is 2.24. The second-order valence-electron chi connectivity index (χ2n) is 6.04. The van der Waals surface area contributed by atoms with E-state index < -0.39 is 0 Å². The van der Waals surface area contributed by atoms with Crippen LogP contribution in [0.15, 0.2) is 41.8 Å². The zero-order chi connectivity index (χ0) is 17.9. The Labute approximate surface area is 158 Å². The van der Waals surface area contributed by atoms with Crippen molar-refractivity contribution in [3.63, 3.8) is 0 Å². The molecule has 1 amide bonds. The molecule has 8 heteroatoms. The zero-order valence-corrected chi connectivity index (χ0v) is 15.6. The van der Waals surface area contributed by atoms with Crippen LogP contribution in [-0.2, 0) is 6.42 Å². The van der Waals surface area contributed by atoms with E-state index in [0.29, 0.717) is 19.5 Å². The lowest BCUT2D eigenvalue weighted by atomic mass is 10.2. The topological polar surface area (TPSA) is 49.3 Å². The quantitative estimate of drug-likeness (QED) is 0.688. The smallest absolute Gasteiger partial charge is 0.264 e. The van der Waals surface area contributed by atoms with Gasteiger partial charge in [-0.15, -0.1) is 21.5 Å². The SMILES string of the molecule is O=C(c1cccs1)N1CCN(c2nnc(Cc3ccc(F)cc3)s2)CC1. The molecule has 0 N–H and O–H groups in total. The first-order valence-corrected chi connectivity index (χ1v) is 10.0. The summed E-state index contributed by atoms with van der Waals surface area (Å²) in [5.41, 5.74) is 1.01. The van der Waals surface area contributed by atoms with E-state index in [9.17, 15) is 9.18 Å². The van der Waals surface area contributed by atoms with Gasteiger partial charge in [-0.3, -0.25) is 4.79 Å². The second-order valence-corrected chi connectivity index (χ2v) is 8.03. The molecule has 0 aliphatic carbocycles. The summed E-state index contributed by atoms with van der Waals surface area (Å²) >= 11 is 3.03. The number of aromatic nitrogens is 2. The van der Waals surface area contributed by atoms with Gasteiger partial charge in [-0.1, -0.05) is 29.5 Å². The molecule has 0 bridgehead atoms. The first-order chi connectivity index (χ1) is 12.7. The lowest BCUT2D eigenvalue weighted by Gasteiger charge is -2.34. The fraction of sp³-hybridized carbons (Fsp3) is 0.278. The molecule has 0 radical (unpaired) electrons. The van der Waals surface area contributed by atoms with Crippen molar-refractivity contribution in [2.45, 2.75) is 6.42 Å². The molecule has 1 aromatic carbocycles. The maximum absolute atomic E-state index is 13.0. The van der Waals surface area contributed by atoms with Gasteiger partial charge in [-0.25, -0.2) is 4.39 Å². The van der Waals surface area contributed by atoms with Crippen molar-refractivity contribution in [2.24, 2.45) is 0 Å². The number of hydrogen-bond acceptors (Lipinski definition) is 6. The number of amides is 1. The fourth-order valence-corrected chi connectivity index (χ4v) is 4.49. The number of halogens is 1. The molecule has 26 heavy (non-hydrogen) atoms. The number of carbonyl (C=O) groups is 1. The van der Waals surface area contributed by atoms with E-state index in [1.807, 2.05) is 22.4 Å². The van der Waals surface area contributed by atoms with E-state index in [4.69, 9.17) is 0 Å². The highest BCUT2D eigenvalue weighted by Gasteiger charge is 2.24. The van der Waals surface area contributed by atoms with Crippen LogP contribution in [0.4, 0.5) is 9.52 Å². The molecule has 0 saturated carbocycles. The highest BCUT2D eigenvalue weighted by atomic mass is 32.1. The van der Waals surface area contributed by atoms with Gasteiger partial charge in [0, 0.05) is 32.6 Å². The third-order valence-corrected chi connectivity index (χ3v) is 6.14. The van der Waals surface area contributed by atoms with E-state index in [0.717, 1.165) is 33.7 Å². The molecule has 0 atom stereocenters. The van der Waals surface area contributed by atoms with Crippen LogP contribution in [0.1, 0.15) is 20.2 Å². The Balaban J connectivity index is 1.35. The molecule has 1 fully saturated rings. The van der Waals surface area contributed by atoms with Gasteiger partial charge in [0.15, 0.2) is 0 Å². The number of hydrogen-bond donors (Lipinski definition) is 0. The largest absolute Gasteiger partial charge is 0.343 e. The van der Waals surface area contributed by atoms with Gasteiger partial charge < -0.3 is 9.80 Å². The summed E-state index contributed by atoms with van der Waals surface area (Å²) in [5, 5.41) is 12.3. The minimum Gasteiger partial charge on any atom is -0.343 e. The van der Waals surface area contributed by atoms with Crippen LogP contribution < -0.4 is 4.90 Å². The van der Waals surface area contributed by atoms with E-state index >= 15 is 0 Å². The minimum absolute atomic E-state index is 0.105. The summed E-state index contributed by atoms with van der Waals surface area (Å²) in [6.07, 6.45) is 0.648. The van der Waals surface area contributed by atoms with Gasteiger partial charge in [-0.2, -0.15) is 0 Å². The Morgan fingerprint density at radius 1 is 1.08 bits per heavy atom. The molecular formula is C18H17FN4OS2. The first-order valence-electron chi connectivity index (χ1n) is 8.33. The summed E-state index contributed by atoms with van der Waals surface area (Å²) < 4.78 is 13.0. The molecule has 3 aromatic rings. The molecule has 1 saturated heterocycles. The Morgan fingerprint density at radius 3 is 2.54 bits per heavy atom. The lowest BCUT2D eigenvalue weighted by molar-refractivity contribution is 0.0751. The maximum Gasteiger partial charge on any atom is 0.264 e. The molecule has 5 nitrogen and oxygen atoms in total. The highest BCUT2D eigenvalue weighted by molar-refractivity contribution is 7.15. The van der Waals surface area contributed by atoms with Crippen LogP contribution >= 0.6 is 22.7 Å². The molecule has 3 heterocycles. The standard InChI is InChI=1S/C18H17FN4OS2/c19-14-5-3-13(4-6-14)12-16-20-21-18(26-16)23-9-7-22(8-10-23)17(24)15-2-1-11-25-15/h1-6,11H,7-10,12H2. The molecule has 0 unspecified atom stereocenters. The molecule has 2 aromatic heterocycles. The zero-order valence-electron chi connectivity index (χ0n) is 14.0. The number of carbonyl (C=O) groups excluding carboxylic acids is 1. The number of thiophene rings is 1. The Hall–Kier alpha value is -2.32. The van der Waals surface area contributed by atoms with E-state index in [1.54, 1.807) is 23.5 Å². The lowest BCUT2D eigenvalue weighted by Crippen LogP contribution is -2.48. The third kappa shape index (κ3) is 3.76. The summed E-state index contributed by atoms with van der Waals surface area (Å²) in [7, 11) is 0. The fourth-order valence-electron chi connectivity index (χ4n) is 2.88. The van der Waals surface area contributed by atoms with E-state index in [2.05, 4.69) is 15.1 Å². The van der Waals surface area contributed by atoms with Crippen molar-refractivity contribution < 1.29 is 9.18 Å². The molecule has 134 valence electrons. The average Bonchev–Trinajstić information content (AvgIpc) is 3.35. The number of nitrogens with zero attached hydrogens (tertiary/aromatic N) is 4. The number of rotatable bonds is 4. The Kier molecular flexibility index (Phi) is 4.94. The van der Waals surface area contributed by atoms with Gasteiger partial charge in [0.05, 0.1) is 4.88 Å². The van der Waals surface area contributed by atoms with Gasteiger partial charge in [0.2, 0.25) is 5.13 Å². The van der Waals surface area contributed by atoms with Crippen LogP contribution in [-0.4, -0.2) is 47.2 Å². The molecule has 1 aliphatic heterocycles. The Bertz CT molecular complexity index is 871. The van der Waals surface area contributed by atoms with Crippen molar-refractivity contribution in [1.82, 2.24) is 15.1 Å². The van der Waals surface area contributed by atoms with Crippen LogP contribution in [0, 0.1) is 5.82 Å². The van der Waals surface area contributed by atoms with Crippen LogP contribution in [0.5, 0.6) is 0 Å². The van der Waals surface area contributed by atoms with Crippen LogP contribution in [0.25, 0.3) is 0 Å². The van der Waals surface area contributed by atoms with E-state index in [1.165, 1.54) is 23.5 Å². The summed E-state index contributed by atoms with van der Waals surface area (Å²) in [6, 6.07) is 10.2. The normalized spacial score (nSPS) is 14.7.